The zero-order chi connectivity index (χ0) is 12.8. The summed E-state index contributed by atoms with van der Waals surface area (Å²) in [6, 6.07) is 9.00. The number of quaternary nitrogens is 1. The molecule has 1 atom stereocenters. The number of benzene rings is 1. The van der Waals surface area contributed by atoms with E-state index in [-0.39, 0.29) is 5.91 Å². The molecule has 0 spiro atoms. The maximum atomic E-state index is 11.8. The Morgan fingerprint density at radius 2 is 1.94 bits per heavy atom. The van der Waals surface area contributed by atoms with Crippen molar-refractivity contribution < 1.29 is 20.4 Å². The van der Waals surface area contributed by atoms with Crippen molar-refractivity contribution in [3.8, 4) is 0 Å². The molecule has 0 bridgehead atoms. The van der Waals surface area contributed by atoms with Gasteiger partial charge in [-0.2, -0.15) is 0 Å². The Hall–Kier alpha value is -1.88. The average molecular weight is 236 g/mol. The van der Waals surface area contributed by atoms with E-state index in [0.717, 1.165) is 10.5 Å². The molecule has 1 rings (SSSR count). The first-order chi connectivity index (χ1) is 8.00. The minimum atomic E-state index is -1.27. The van der Waals surface area contributed by atoms with Gasteiger partial charge in [0.05, 0.1) is 12.5 Å². The summed E-state index contributed by atoms with van der Waals surface area (Å²) in [6.07, 6.45) is 0.497. The maximum absolute atomic E-state index is 11.8. The molecule has 5 nitrogen and oxygen atoms in total. The van der Waals surface area contributed by atoms with E-state index < -0.39 is 18.6 Å². The van der Waals surface area contributed by atoms with Crippen molar-refractivity contribution in [2.24, 2.45) is 0 Å². The Labute approximate surface area is 99.8 Å². The van der Waals surface area contributed by atoms with Gasteiger partial charge in [-0.15, -0.1) is 0 Å². The van der Waals surface area contributed by atoms with Crippen LogP contribution >= 0.6 is 0 Å². The van der Waals surface area contributed by atoms with Crippen molar-refractivity contribution >= 4 is 11.9 Å². The molecule has 0 saturated heterocycles. The van der Waals surface area contributed by atoms with E-state index in [4.69, 9.17) is 0 Å². The van der Waals surface area contributed by atoms with Gasteiger partial charge in [-0.1, -0.05) is 30.3 Å². The Morgan fingerprint density at radius 1 is 1.35 bits per heavy atom. The summed E-state index contributed by atoms with van der Waals surface area (Å²) in [7, 11) is 1.43. The van der Waals surface area contributed by atoms with Crippen LogP contribution in [0.3, 0.4) is 0 Å². The lowest BCUT2D eigenvalue weighted by molar-refractivity contribution is -0.405. The van der Waals surface area contributed by atoms with E-state index in [0.29, 0.717) is 6.42 Å². The van der Waals surface area contributed by atoms with Gasteiger partial charge in [0.2, 0.25) is 0 Å². The molecule has 0 radical (unpaired) electrons. The van der Waals surface area contributed by atoms with E-state index in [1.165, 1.54) is 7.05 Å². The molecule has 5 heteroatoms. The molecule has 92 valence electrons. The largest absolute Gasteiger partial charge is 0.548 e. The molecule has 1 aromatic carbocycles. The molecule has 0 aliphatic heterocycles. The lowest BCUT2D eigenvalue weighted by Gasteiger charge is -2.19. The highest BCUT2D eigenvalue weighted by Gasteiger charge is 2.21. The van der Waals surface area contributed by atoms with E-state index in [1.807, 2.05) is 30.3 Å². The summed E-state index contributed by atoms with van der Waals surface area (Å²) >= 11 is 0. The fourth-order valence-electron chi connectivity index (χ4n) is 1.57. The van der Waals surface area contributed by atoms with Crippen molar-refractivity contribution in [3.05, 3.63) is 35.9 Å². The topological polar surface area (TPSA) is 88.1 Å². The lowest BCUT2D eigenvalue weighted by atomic mass is 10.1. The first-order valence-corrected chi connectivity index (χ1v) is 5.32. The van der Waals surface area contributed by atoms with Crippen molar-refractivity contribution in [1.29, 1.82) is 0 Å². The number of carbonyl (C=O) groups excluding carboxylic acids is 2. The van der Waals surface area contributed by atoms with E-state index in [9.17, 15) is 14.7 Å². The lowest BCUT2D eigenvalue weighted by Crippen LogP contribution is -2.68. The monoisotopic (exact) mass is 236 g/mol. The highest BCUT2D eigenvalue weighted by atomic mass is 16.4. The molecular weight excluding hydrogens is 220 g/mol. The van der Waals surface area contributed by atoms with Gasteiger partial charge >= 0.3 is 0 Å². The number of amides is 1. The van der Waals surface area contributed by atoms with Crippen LogP contribution in [0.1, 0.15) is 5.56 Å². The van der Waals surface area contributed by atoms with Crippen LogP contribution < -0.4 is 10.8 Å². The molecule has 3 N–H and O–H groups in total. The number of carbonyl (C=O) groups is 2. The third-order valence-electron chi connectivity index (χ3n) is 2.42. The van der Waals surface area contributed by atoms with Gasteiger partial charge in [-0.3, -0.25) is 4.79 Å². The third-order valence-corrected chi connectivity index (χ3v) is 2.42. The van der Waals surface area contributed by atoms with E-state index in [2.05, 4.69) is 5.73 Å². The van der Waals surface area contributed by atoms with Crippen LogP contribution in [0.2, 0.25) is 0 Å². The second-order valence-electron chi connectivity index (χ2n) is 3.95. The Balaban J connectivity index is 2.55. The number of aliphatic carboxylic acids is 1. The number of hydrogen-bond acceptors (Lipinski definition) is 3. The first kappa shape index (κ1) is 13.2. The first-order valence-electron chi connectivity index (χ1n) is 5.32. The number of carboxylic acids is 1. The van der Waals surface area contributed by atoms with Gasteiger partial charge < -0.3 is 20.5 Å². The van der Waals surface area contributed by atoms with Crippen LogP contribution in [-0.2, 0) is 16.0 Å². The molecule has 1 amide bonds. The molecule has 0 saturated carbocycles. The highest BCUT2D eigenvalue weighted by molar-refractivity contribution is 5.83. The Morgan fingerprint density at radius 3 is 2.47 bits per heavy atom. The van der Waals surface area contributed by atoms with Crippen molar-refractivity contribution in [2.75, 3.05) is 13.6 Å². The fourth-order valence-corrected chi connectivity index (χ4v) is 1.57. The summed E-state index contributed by atoms with van der Waals surface area (Å²) in [6.45, 7) is -0.403. The van der Waals surface area contributed by atoms with Crippen LogP contribution in [0, 0.1) is 0 Å². The SMILES string of the molecule is CN(CC(=O)[O-])C(=O)C([NH3+])Cc1ccccc1. The second kappa shape index (κ2) is 6.00. The molecule has 0 heterocycles. The van der Waals surface area contributed by atoms with Gasteiger partial charge in [-0.05, 0) is 5.56 Å². The van der Waals surface area contributed by atoms with Gasteiger partial charge in [0.25, 0.3) is 5.91 Å². The van der Waals surface area contributed by atoms with Crippen molar-refractivity contribution in [3.63, 3.8) is 0 Å². The smallest absolute Gasteiger partial charge is 0.281 e. The van der Waals surface area contributed by atoms with Crippen molar-refractivity contribution in [2.45, 2.75) is 12.5 Å². The fraction of sp³-hybridized carbons (Fsp3) is 0.333. The summed E-state index contributed by atoms with van der Waals surface area (Å²) in [5.74, 6) is -1.56. The van der Waals surface area contributed by atoms with Gasteiger partial charge in [0.15, 0.2) is 6.04 Å². The van der Waals surface area contributed by atoms with Crippen LogP contribution in [0.4, 0.5) is 0 Å². The highest BCUT2D eigenvalue weighted by Crippen LogP contribution is 2.02. The number of likely N-dealkylation sites (N-methyl/N-ethyl adjacent to an activating group) is 1. The minimum absolute atomic E-state index is 0.293. The van der Waals surface area contributed by atoms with Gasteiger partial charge in [0, 0.05) is 13.5 Å². The average Bonchev–Trinajstić information content (AvgIpc) is 2.28. The van der Waals surface area contributed by atoms with Gasteiger partial charge in [-0.25, -0.2) is 0 Å². The van der Waals surface area contributed by atoms with Crippen LogP contribution in [0.25, 0.3) is 0 Å². The molecule has 0 fully saturated rings. The third kappa shape index (κ3) is 4.24. The quantitative estimate of drug-likeness (QED) is 0.644. The van der Waals surface area contributed by atoms with E-state index in [1.54, 1.807) is 0 Å². The molecule has 0 aromatic heterocycles. The van der Waals surface area contributed by atoms with Crippen molar-refractivity contribution in [1.82, 2.24) is 4.90 Å². The zero-order valence-corrected chi connectivity index (χ0v) is 9.76. The number of carboxylic acid groups (broad SMARTS) is 1. The second-order valence-corrected chi connectivity index (χ2v) is 3.95. The summed E-state index contributed by atoms with van der Waals surface area (Å²) in [5, 5.41) is 10.4. The van der Waals surface area contributed by atoms with Crippen LogP contribution in [0.15, 0.2) is 30.3 Å². The predicted octanol–water partition coefficient (Wildman–Crippen LogP) is -1.95. The summed E-state index contributed by atoms with van der Waals surface area (Å²) < 4.78 is 0. The molecule has 0 aliphatic rings. The number of rotatable bonds is 5. The standard InChI is InChI=1S/C12H16N2O3/c1-14(8-11(15)16)12(17)10(13)7-9-5-3-2-4-6-9/h2-6,10H,7-8,13H2,1H3,(H,15,16). The Bertz CT molecular complexity index is 392. The number of hydrogen-bond donors (Lipinski definition) is 1. The molecular formula is C12H16N2O3. The molecule has 0 aliphatic carbocycles. The van der Waals surface area contributed by atoms with E-state index >= 15 is 0 Å². The molecule has 1 unspecified atom stereocenters. The summed E-state index contributed by atoms with van der Waals surface area (Å²) in [5.41, 5.74) is 4.76. The van der Waals surface area contributed by atoms with Gasteiger partial charge in [0.1, 0.15) is 0 Å². The maximum Gasteiger partial charge on any atom is 0.281 e. The number of nitrogens with zero attached hydrogens (tertiary/aromatic N) is 1. The normalized spacial score (nSPS) is 11.9. The molecule has 1 aromatic rings. The minimum Gasteiger partial charge on any atom is -0.548 e. The zero-order valence-electron chi connectivity index (χ0n) is 9.76. The van der Waals surface area contributed by atoms with Crippen LogP contribution in [0.5, 0.6) is 0 Å². The predicted molar refractivity (Wildman–Crippen MR) is 59.5 cm³/mol. The van der Waals surface area contributed by atoms with Crippen LogP contribution in [-0.4, -0.2) is 36.4 Å². The Kier molecular flexibility index (Phi) is 4.66. The summed E-state index contributed by atoms with van der Waals surface area (Å²) in [4.78, 5) is 23.2. The molecule has 17 heavy (non-hydrogen) atoms.